The van der Waals surface area contributed by atoms with E-state index in [1.807, 2.05) is 18.4 Å². The van der Waals surface area contributed by atoms with Crippen LogP contribution in [0.3, 0.4) is 0 Å². The van der Waals surface area contributed by atoms with Crippen LogP contribution in [-0.2, 0) is 0 Å². The van der Waals surface area contributed by atoms with Gasteiger partial charge in [0.1, 0.15) is 0 Å². The van der Waals surface area contributed by atoms with Gasteiger partial charge in [-0.2, -0.15) is 0 Å². The Hall–Kier alpha value is -1.88. The Morgan fingerprint density at radius 2 is 2.21 bits per heavy atom. The summed E-state index contributed by atoms with van der Waals surface area (Å²) >= 11 is 1.37. The number of nitrogens with one attached hydrogen (secondary N) is 1. The SMILES string of the molecule is COc1ccc(C(C)NC(=O)c2cccs2)cc1F. The van der Waals surface area contributed by atoms with Crippen LogP contribution in [0.5, 0.6) is 5.75 Å². The van der Waals surface area contributed by atoms with Crippen molar-refractivity contribution in [3.63, 3.8) is 0 Å². The van der Waals surface area contributed by atoms with Crippen LogP contribution in [0.15, 0.2) is 35.7 Å². The molecule has 0 saturated carbocycles. The number of hydrogen-bond acceptors (Lipinski definition) is 3. The molecule has 1 amide bonds. The van der Waals surface area contributed by atoms with E-state index in [1.165, 1.54) is 24.5 Å². The van der Waals surface area contributed by atoms with Crippen molar-refractivity contribution < 1.29 is 13.9 Å². The van der Waals surface area contributed by atoms with Gasteiger partial charge in [0.05, 0.1) is 18.0 Å². The fourth-order valence-electron chi connectivity index (χ4n) is 1.71. The number of amides is 1. The average molecular weight is 279 g/mol. The van der Waals surface area contributed by atoms with Gasteiger partial charge in [-0.15, -0.1) is 11.3 Å². The first-order chi connectivity index (χ1) is 9.11. The van der Waals surface area contributed by atoms with Crippen LogP contribution in [0.2, 0.25) is 0 Å². The van der Waals surface area contributed by atoms with Gasteiger partial charge in [0.25, 0.3) is 5.91 Å². The van der Waals surface area contributed by atoms with Crippen molar-refractivity contribution in [1.29, 1.82) is 0 Å². The highest BCUT2D eigenvalue weighted by molar-refractivity contribution is 7.12. The maximum atomic E-state index is 13.6. The summed E-state index contributed by atoms with van der Waals surface area (Å²) in [6.45, 7) is 1.81. The number of carbonyl (C=O) groups is 1. The second kappa shape index (κ2) is 5.84. The number of hydrogen-bond donors (Lipinski definition) is 1. The first-order valence-electron chi connectivity index (χ1n) is 5.79. The second-order valence-corrected chi connectivity index (χ2v) is 5.01. The largest absolute Gasteiger partial charge is 0.494 e. The lowest BCUT2D eigenvalue weighted by atomic mass is 10.1. The molecule has 1 aromatic heterocycles. The van der Waals surface area contributed by atoms with Crippen molar-refractivity contribution in [2.75, 3.05) is 7.11 Å². The van der Waals surface area contributed by atoms with E-state index in [9.17, 15) is 9.18 Å². The van der Waals surface area contributed by atoms with Gasteiger partial charge in [-0.05, 0) is 36.1 Å². The van der Waals surface area contributed by atoms with Crippen LogP contribution in [0, 0.1) is 5.82 Å². The molecule has 1 atom stereocenters. The lowest BCUT2D eigenvalue weighted by Crippen LogP contribution is -2.25. The van der Waals surface area contributed by atoms with Gasteiger partial charge in [0.15, 0.2) is 11.6 Å². The molecular weight excluding hydrogens is 265 g/mol. The third kappa shape index (κ3) is 3.12. The van der Waals surface area contributed by atoms with Gasteiger partial charge in [-0.25, -0.2) is 4.39 Å². The Morgan fingerprint density at radius 1 is 1.42 bits per heavy atom. The summed E-state index contributed by atoms with van der Waals surface area (Å²) in [6.07, 6.45) is 0. The van der Waals surface area contributed by atoms with Crippen molar-refractivity contribution in [3.8, 4) is 5.75 Å². The maximum Gasteiger partial charge on any atom is 0.261 e. The lowest BCUT2D eigenvalue weighted by Gasteiger charge is -2.14. The summed E-state index contributed by atoms with van der Waals surface area (Å²) in [5.41, 5.74) is 0.697. The monoisotopic (exact) mass is 279 g/mol. The Morgan fingerprint density at radius 3 is 2.79 bits per heavy atom. The second-order valence-electron chi connectivity index (χ2n) is 4.07. The smallest absolute Gasteiger partial charge is 0.261 e. The molecule has 2 aromatic rings. The number of rotatable bonds is 4. The van der Waals surface area contributed by atoms with E-state index in [4.69, 9.17) is 4.74 Å². The number of ether oxygens (including phenoxy) is 1. The third-order valence-corrected chi connectivity index (χ3v) is 3.64. The zero-order valence-corrected chi connectivity index (χ0v) is 11.5. The van der Waals surface area contributed by atoms with E-state index in [-0.39, 0.29) is 17.7 Å². The van der Waals surface area contributed by atoms with E-state index >= 15 is 0 Å². The lowest BCUT2D eigenvalue weighted by molar-refractivity contribution is 0.0944. The summed E-state index contributed by atoms with van der Waals surface area (Å²) in [5, 5.41) is 4.67. The van der Waals surface area contributed by atoms with Crippen LogP contribution >= 0.6 is 11.3 Å². The summed E-state index contributed by atoms with van der Waals surface area (Å²) in [4.78, 5) is 12.5. The molecule has 0 radical (unpaired) electrons. The normalized spacial score (nSPS) is 11.9. The first kappa shape index (κ1) is 13.5. The van der Waals surface area contributed by atoms with E-state index < -0.39 is 5.82 Å². The van der Waals surface area contributed by atoms with Crippen molar-refractivity contribution in [1.82, 2.24) is 5.32 Å². The highest BCUT2D eigenvalue weighted by Gasteiger charge is 2.13. The van der Waals surface area contributed by atoms with Gasteiger partial charge in [-0.1, -0.05) is 12.1 Å². The Bertz CT molecular complexity index is 569. The van der Waals surface area contributed by atoms with Gasteiger partial charge in [0, 0.05) is 0 Å². The first-order valence-corrected chi connectivity index (χ1v) is 6.67. The van der Waals surface area contributed by atoms with Crippen LogP contribution in [0.25, 0.3) is 0 Å². The van der Waals surface area contributed by atoms with Crippen LogP contribution in [0.4, 0.5) is 4.39 Å². The zero-order valence-electron chi connectivity index (χ0n) is 10.6. The van der Waals surface area contributed by atoms with Gasteiger partial charge >= 0.3 is 0 Å². The topological polar surface area (TPSA) is 38.3 Å². The predicted molar refractivity (Wildman–Crippen MR) is 73.2 cm³/mol. The molecule has 0 aliphatic heterocycles. The van der Waals surface area contributed by atoms with E-state index in [2.05, 4.69) is 5.32 Å². The average Bonchev–Trinajstić information content (AvgIpc) is 2.92. The summed E-state index contributed by atoms with van der Waals surface area (Å²) in [6, 6.07) is 7.96. The Kier molecular flexibility index (Phi) is 4.16. The van der Waals surface area contributed by atoms with Gasteiger partial charge in [-0.3, -0.25) is 4.79 Å². The molecule has 2 rings (SSSR count). The highest BCUT2D eigenvalue weighted by atomic mass is 32.1. The minimum absolute atomic E-state index is 0.154. The molecule has 1 unspecified atom stereocenters. The number of halogens is 1. The van der Waals surface area contributed by atoms with Crippen molar-refractivity contribution >= 4 is 17.2 Å². The van der Waals surface area contributed by atoms with Crippen molar-refractivity contribution in [2.24, 2.45) is 0 Å². The molecule has 0 aliphatic carbocycles. The molecule has 3 nitrogen and oxygen atoms in total. The fourth-order valence-corrected chi connectivity index (χ4v) is 2.34. The van der Waals surface area contributed by atoms with E-state index in [0.29, 0.717) is 10.4 Å². The Labute approximate surface area is 115 Å². The zero-order chi connectivity index (χ0) is 13.8. The molecule has 0 saturated heterocycles. The third-order valence-electron chi connectivity index (χ3n) is 2.77. The quantitative estimate of drug-likeness (QED) is 0.931. The number of methoxy groups -OCH3 is 1. The minimum atomic E-state index is -0.433. The molecule has 1 N–H and O–H groups in total. The van der Waals surface area contributed by atoms with E-state index in [1.54, 1.807) is 18.2 Å². The van der Waals surface area contributed by atoms with Crippen molar-refractivity contribution in [3.05, 3.63) is 52.0 Å². The predicted octanol–water partition coefficient (Wildman–Crippen LogP) is 3.39. The van der Waals surface area contributed by atoms with Gasteiger partial charge < -0.3 is 10.1 Å². The summed E-state index contributed by atoms with van der Waals surface area (Å²) < 4.78 is 18.4. The molecule has 0 fully saturated rings. The minimum Gasteiger partial charge on any atom is -0.494 e. The summed E-state index contributed by atoms with van der Waals surface area (Å²) in [7, 11) is 1.42. The molecule has 0 bridgehead atoms. The molecule has 1 heterocycles. The highest BCUT2D eigenvalue weighted by Crippen LogP contribution is 2.22. The molecule has 19 heavy (non-hydrogen) atoms. The van der Waals surface area contributed by atoms with E-state index in [0.717, 1.165) is 0 Å². The van der Waals surface area contributed by atoms with Gasteiger partial charge in [0.2, 0.25) is 0 Å². The standard InChI is InChI=1S/C14H14FNO2S/c1-9(16-14(17)13-4-3-7-19-13)10-5-6-12(18-2)11(15)8-10/h3-9H,1-2H3,(H,16,17). The summed E-state index contributed by atoms with van der Waals surface area (Å²) in [5.74, 6) is -0.392. The number of carbonyl (C=O) groups excluding carboxylic acids is 1. The fraction of sp³-hybridized carbons (Fsp3) is 0.214. The Balaban J connectivity index is 2.09. The molecular formula is C14H14FNO2S. The van der Waals surface area contributed by atoms with Crippen LogP contribution in [-0.4, -0.2) is 13.0 Å². The molecule has 100 valence electrons. The number of benzene rings is 1. The molecule has 0 spiro atoms. The molecule has 5 heteroatoms. The molecule has 0 aliphatic rings. The van der Waals surface area contributed by atoms with Crippen LogP contribution in [0.1, 0.15) is 28.2 Å². The van der Waals surface area contributed by atoms with Crippen molar-refractivity contribution in [2.45, 2.75) is 13.0 Å². The molecule has 1 aromatic carbocycles. The number of thiophene rings is 1. The maximum absolute atomic E-state index is 13.6. The van der Waals surface area contributed by atoms with Crippen LogP contribution < -0.4 is 10.1 Å².